The second-order valence-electron chi connectivity index (χ2n) is 5.96. The summed E-state index contributed by atoms with van der Waals surface area (Å²) < 4.78 is 0. The van der Waals surface area contributed by atoms with Gasteiger partial charge in [0.2, 0.25) is 5.91 Å². The molecule has 0 saturated carbocycles. The summed E-state index contributed by atoms with van der Waals surface area (Å²) in [4.78, 5) is 12.8. The number of nitrogens with one attached hydrogen (secondary N) is 1. The minimum absolute atomic E-state index is 0.0510. The third-order valence-electron chi connectivity index (χ3n) is 4.72. The normalized spacial score (nSPS) is 24.4. The van der Waals surface area contributed by atoms with E-state index in [2.05, 4.69) is 11.4 Å². The smallest absolute Gasteiger partial charge is 0.239 e. The zero-order valence-electron chi connectivity index (χ0n) is 12.7. The van der Waals surface area contributed by atoms with Gasteiger partial charge < -0.3 is 5.32 Å². The average molecular weight is 333 g/mol. The van der Waals surface area contributed by atoms with Crippen molar-refractivity contribution in [1.29, 1.82) is 5.26 Å². The van der Waals surface area contributed by atoms with Crippen LogP contribution < -0.4 is 5.32 Å². The molecule has 1 spiro atoms. The van der Waals surface area contributed by atoms with Gasteiger partial charge in [0.1, 0.15) is 5.41 Å². The number of rotatable bonds is 1. The lowest BCUT2D eigenvalue weighted by Crippen LogP contribution is -2.46. The highest BCUT2D eigenvalue weighted by atomic mass is 35.5. The first kappa shape index (κ1) is 14.7. The highest BCUT2D eigenvalue weighted by Gasteiger charge is 2.48. The van der Waals surface area contributed by atoms with Crippen LogP contribution in [0, 0.1) is 16.7 Å². The molecule has 1 aromatic rings. The number of hydrogen-bond acceptors (Lipinski definition) is 2. The lowest BCUT2D eigenvalue weighted by atomic mass is 9.62. The van der Waals surface area contributed by atoms with E-state index in [1.54, 1.807) is 12.3 Å². The first-order valence-electron chi connectivity index (χ1n) is 7.64. The maximum absolute atomic E-state index is 12.8. The number of benzene rings is 1. The van der Waals surface area contributed by atoms with Crippen LogP contribution in [0.3, 0.4) is 0 Å². The van der Waals surface area contributed by atoms with E-state index in [4.69, 9.17) is 16.9 Å². The van der Waals surface area contributed by atoms with Crippen LogP contribution in [0.2, 0.25) is 0 Å². The van der Waals surface area contributed by atoms with Crippen LogP contribution in [-0.2, 0) is 4.79 Å². The summed E-state index contributed by atoms with van der Waals surface area (Å²) in [7, 11) is 0. The van der Waals surface area contributed by atoms with Gasteiger partial charge in [-0.05, 0) is 41.3 Å². The van der Waals surface area contributed by atoms with Crippen LogP contribution in [0.25, 0.3) is 5.57 Å². The van der Waals surface area contributed by atoms with Crippen LogP contribution in [0.1, 0.15) is 17.5 Å². The molecule has 3 nitrogen and oxygen atoms in total. The Morgan fingerprint density at radius 3 is 3.04 bits per heavy atom. The monoisotopic (exact) mass is 332 g/mol. The van der Waals surface area contributed by atoms with Gasteiger partial charge in [-0.1, -0.05) is 48.0 Å². The van der Waals surface area contributed by atoms with Gasteiger partial charge in [0, 0.05) is 16.8 Å². The molecular weight excluding hydrogens is 320 g/mol. The molecule has 0 fully saturated rings. The summed E-state index contributed by atoms with van der Waals surface area (Å²) in [6, 6.07) is 9.57. The number of hydrogen-bond donors (Lipinski definition) is 1. The molecule has 1 aromatic carbocycles. The fourth-order valence-corrected chi connectivity index (χ4v) is 3.74. The number of nitrogens with zero attached hydrogens (tertiary/aromatic N) is 1. The number of halogens is 1. The molecule has 1 heterocycles. The van der Waals surface area contributed by atoms with Gasteiger partial charge in [-0.2, -0.15) is 5.26 Å². The van der Waals surface area contributed by atoms with Crippen LogP contribution in [0.5, 0.6) is 0 Å². The fraction of sp³-hybridized carbons (Fsp3) is 0.100. The minimum Gasteiger partial charge on any atom is -0.331 e. The van der Waals surface area contributed by atoms with Crippen molar-refractivity contribution in [3.05, 3.63) is 88.2 Å². The molecule has 1 atom stereocenters. The number of amides is 1. The topological polar surface area (TPSA) is 52.9 Å². The number of carbonyl (C=O) groups is 1. The van der Waals surface area contributed by atoms with E-state index in [1.165, 1.54) is 0 Å². The van der Waals surface area contributed by atoms with E-state index in [1.807, 2.05) is 48.6 Å². The highest BCUT2D eigenvalue weighted by molar-refractivity contribution is 6.31. The van der Waals surface area contributed by atoms with Gasteiger partial charge in [0.15, 0.2) is 0 Å². The van der Waals surface area contributed by atoms with Gasteiger partial charge in [-0.15, -0.1) is 0 Å². The third kappa shape index (κ3) is 2.01. The zero-order chi connectivity index (χ0) is 16.7. The van der Waals surface area contributed by atoms with E-state index in [0.717, 1.165) is 22.3 Å². The maximum atomic E-state index is 12.8. The Morgan fingerprint density at radius 2 is 2.21 bits per heavy atom. The van der Waals surface area contributed by atoms with E-state index in [-0.39, 0.29) is 5.91 Å². The van der Waals surface area contributed by atoms with Gasteiger partial charge >= 0.3 is 0 Å². The predicted molar refractivity (Wildman–Crippen MR) is 93.6 cm³/mol. The standard InChI is InChI=1S/C20H13ClN2O/c21-16-7-8-20-15(10-16)5-2-6-18(20)17(12-23-19(20)24)14-4-1-3-13(9-14)11-22/h1-7,9-10,12H,8H2,(H,23,24). The van der Waals surface area contributed by atoms with Gasteiger partial charge in [0.25, 0.3) is 0 Å². The molecule has 1 aliphatic heterocycles. The second-order valence-corrected chi connectivity index (χ2v) is 6.40. The van der Waals surface area contributed by atoms with Crippen LogP contribution in [-0.4, -0.2) is 5.91 Å². The molecule has 0 radical (unpaired) electrons. The van der Waals surface area contributed by atoms with Crippen LogP contribution in [0.15, 0.2) is 77.0 Å². The van der Waals surface area contributed by atoms with E-state index in [9.17, 15) is 4.79 Å². The minimum atomic E-state index is -0.750. The molecule has 1 unspecified atom stereocenters. The molecule has 0 bridgehead atoms. The summed E-state index contributed by atoms with van der Waals surface area (Å²) >= 11 is 6.15. The molecule has 4 rings (SSSR count). The Kier molecular flexibility index (Phi) is 3.30. The molecule has 0 aromatic heterocycles. The first-order valence-corrected chi connectivity index (χ1v) is 8.02. The molecule has 1 N–H and O–H groups in total. The summed E-state index contributed by atoms with van der Waals surface area (Å²) in [6.07, 6.45) is 11.8. The van der Waals surface area contributed by atoms with Crippen molar-refractivity contribution >= 4 is 23.1 Å². The number of carbonyl (C=O) groups excluding carboxylic acids is 1. The molecule has 24 heavy (non-hydrogen) atoms. The van der Waals surface area contributed by atoms with E-state index < -0.39 is 5.41 Å². The third-order valence-corrected chi connectivity index (χ3v) is 4.98. The second kappa shape index (κ2) is 5.36. The maximum Gasteiger partial charge on any atom is 0.239 e. The number of nitriles is 1. The first-order chi connectivity index (χ1) is 11.6. The molecule has 4 heteroatoms. The van der Waals surface area contributed by atoms with Crippen molar-refractivity contribution in [2.24, 2.45) is 5.41 Å². The van der Waals surface area contributed by atoms with Crippen molar-refractivity contribution in [2.75, 3.05) is 0 Å². The van der Waals surface area contributed by atoms with Crippen molar-refractivity contribution in [3.8, 4) is 6.07 Å². The van der Waals surface area contributed by atoms with Gasteiger partial charge in [0.05, 0.1) is 11.6 Å². The van der Waals surface area contributed by atoms with Crippen LogP contribution >= 0.6 is 11.6 Å². The summed E-state index contributed by atoms with van der Waals surface area (Å²) in [5.74, 6) is -0.0510. The average Bonchev–Trinajstić information content (AvgIpc) is 2.61. The zero-order valence-corrected chi connectivity index (χ0v) is 13.5. The van der Waals surface area contributed by atoms with Crippen molar-refractivity contribution in [3.63, 3.8) is 0 Å². The van der Waals surface area contributed by atoms with E-state index >= 15 is 0 Å². The largest absolute Gasteiger partial charge is 0.331 e. The Bertz CT molecular complexity index is 956. The quantitative estimate of drug-likeness (QED) is 0.846. The molecule has 1 amide bonds. The summed E-state index contributed by atoms with van der Waals surface area (Å²) in [6.45, 7) is 0. The molecular formula is C20H13ClN2O. The lowest BCUT2D eigenvalue weighted by molar-refractivity contribution is -0.126. The fourth-order valence-electron chi connectivity index (χ4n) is 3.54. The van der Waals surface area contributed by atoms with Crippen molar-refractivity contribution in [1.82, 2.24) is 5.32 Å². The number of allylic oxidation sites excluding steroid dienone is 7. The van der Waals surface area contributed by atoms with Gasteiger partial charge in [-0.3, -0.25) is 4.79 Å². The van der Waals surface area contributed by atoms with Crippen molar-refractivity contribution in [2.45, 2.75) is 6.42 Å². The molecule has 116 valence electrons. The summed E-state index contributed by atoms with van der Waals surface area (Å²) in [5, 5.41) is 12.7. The Labute approximate surface area is 144 Å². The molecule has 0 saturated heterocycles. The molecule has 3 aliphatic rings. The van der Waals surface area contributed by atoms with Gasteiger partial charge in [-0.25, -0.2) is 0 Å². The van der Waals surface area contributed by atoms with Crippen molar-refractivity contribution < 1.29 is 4.79 Å². The van der Waals surface area contributed by atoms with E-state index in [0.29, 0.717) is 17.0 Å². The highest BCUT2D eigenvalue weighted by Crippen LogP contribution is 2.52. The SMILES string of the molecule is N#Cc1cccc(C2=CNC(=O)C34CC=C(Cl)C=C3C=CC=C24)c1. The molecule has 2 aliphatic carbocycles. The Hall–Kier alpha value is -2.83. The predicted octanol–water partition coefficient (Wildman–Crippen LogP) is 3.96. The Balaban J connectivity index is 1.90. The Morgan fingerprint density at radius 1 is 1.33 bits per heavy atom. The van der Waals surface area contributed by atoms with Crippen LogP contribution in [0.4, 0.5) is 0 Å². The lowest BCUT2D eigenvalue weighted by Gasteiger charge is -2.42. The summed E-state index contributed by atoms with van der Waals surface area (Å²) in [5.41, 5.74) is 3.51.